The maximum absolute atomic E-state index is 10.7. The normalized spacial score (nSPS) is 12.4. The molecular weight excluding hydrogens is 258 g/mol. The van der Waals surface area contributed by atoms with Crippen LogP contribution in [0.25, 0.3) is 0 Å². The number of aryl methyl sites for hydroxylation is 1. The molecule has 0 aliphatic carbocycles. The zero-order chi connectivity index (χ0) is 11.3. The van der Waals surface area contributed by atoms with Crippen molar-refractivity contribution in [3.05, 3.63) is 39.9 Å². The molecule has 4 heteroatoms. The Morgan fingerprint density at radius 3 is 2.73 bits per heavy atom. The quantitative estimate of drug-likeness (QED) is 0.466. The lowest BCUT2D eigenvalue weighted by Crippen LogP contribution is -2.00. The number of nitrogens with zero attached hydrogens (tertiary/aromatic N) is 1. The fourth-order valence-corrected chi connectivity index (χ4v) is 1.65. The summed E-state index contributed by atoms with van der Waals surface area (Å²) in [6.07, 6.45) is 2.73. The number of nitro groups is 1. The maximum Gasteiger partial charge on any atom is 0.272 e. The SMILES string of the molecule is CCC(Br)CCc1ccccc1[N+](=O)[O-]. The molecule has 0 bridgehead atoms. The average Bonchev–Trinajstić information content (AvgIpc) is 2.26. The van der Waals surface area contributed by atoms with Crippen molar-refractivity contribution in [1.82, 2.24) is 0 Å². The molecule has 0 fully saturated rings. The predicted octanol–water partition coefficient (Wildman–Crippen LogP) is 3.70. The number of benzene rings is 1. The van der Waals surface area contributed by atoms with Crippen LogP contribution in [-0.2, 0) is 6.42 Å². The van der Waals surface area contributed by atoms with Gasteiger partial charge in [0.05, 0.1) is 4.92 Å². The highest BCUT2D eigenvalue weighted by Gasteiger charge is 2.12. The van der Waals surface area contributed by atoms with E-state index in [4.69, 9.17) is 0 Å². The van der Waals surface area contributed by atoms with Crippen LogP contribution in [0.4, 0.5) is 5.69 Å². The molecule has 0 amide bonds. The molecule has 0 aliphatic rings. The van der Waals surface area contributed by atoms with Gasteiger partial charge in [-0.1, -0.05) is 41.1 Å². The molecular formula is C11H14BrNO2. The number of halogens is 1. The van der Waals surface area contributed by atoms with Crippen LogP contribution in [-0.4, -0.2) is 9.75 Å². The molecule has 0 radical (unpaired) electrons. The Morgan fingerprint density at radius 1 is 1.47 bits per heavy atom. The summed E-state index contributed by atoms with van der Waals surface area (Å²) >= 11 is 3.53. The molecule has 1 atom stereocenters. The summed E-state index contributed by atoms with van der Waals surface area (Å²) in [5.74, 6) is 0. The van der Waals surface area contributed by atoms with E-state index in [9.17, 15) is 10.1 Å². The highest BCUT2D eigenvalue weighted by Crippen LogP contribution is 2.21. The van der Waals surface area contributed by atoms with Gasteiger partial charge in [-0.25, -0.2) is 0 Å². The lowest BCUT2D eigenvalue weighted by Gasteiger charge is -2.06. The monoisotopic (exact) mass is 271 g/mol. The molecule has 1 aromatic carbocycles. The number of hydrogen-bond acceptors (Lipinski definition) is 2. The maximum atomic E-state index is 10.7. The van der Waals surface area contributed by atoms with Crippen molar-refractivity contribution in [3.8, 4) is 0 Å². The van der Waals surface area contributed by atoms with Crippen LogP contribution in [0.5, 0.6) is 0 Å². The summed E-state index contributed by atoms with van der Waals surface area (Å²) in [5.41, 5.74) is 1.05. The van der Waals surface area contributed by atoms with Crippen LogP contribution >= 0.6 is 15.9 Å². The number of hydrogen-bond donors (Lipinski definition) is 0. The molecule has 0 aromatic heterocycles. The van der Waals surface area contributed by atoms with E-state index in [1.807, 2.05) is 12.1 Å². The third-order valence-electron chi connectivity index (χ3n) is 2.36. The Hall–Kier alpha value is -0.900. The highest BCUT2D eigenvalue weighted by molar-refractivity contribution is 9.09. The number of rotatable bonds is 5. The highest BCUT2D eigenvalue weighted by atomic mass is 79.9. The zero-order valence-electron chi connectivity index (χ0n) is 8.65. The van der Waals surface area contributed by atoms with Gasteiger partial charge in [-0.15, -0.1) is 0 Å². The molecule has 3 nitrogen and oxygen atoms in total. The molecule has 0 N–H and O–H groups in total. The van der Waals surface area contributed by atoms with Crippen molar-refractivity contribution < 1.29 is 4.92 Å². The van der Waals surface area contributed by atoms with Crippen molar-refractivity contribution in [2.24, 2.45) is 0 Å². The van der Waals surface area contributed by atoms with E-state index in [2.05, 4.69) is 22.9 Å². The Kier molecular flexibility index (Phi) is 4.75. The molecule has 1 rings (SSSR count). The summed E-state index contributed by atoms with van der Waals surface area (Å²) in [6.45, 7) is 2.10. The van der Waals surface area contributed by atoms with Crippen LogP contribution in [0.2, 0.25) is 0 Å². The minimum atomic E-state index is -0.315. The summed E-state index contributed by atoms with van der Waals surface area (Å²) in [6, 6.07) is 6.93. The Balaban J connectivity index is 2.72. The topological polar surface area (TPSA) is 43.1 Å². The minimum absolute atomic E-state index is 0.230. The van der Waals surface area contributed by atoms with E-state index in [-0.39, 0.29) is 10.6 Å². The van der Waals surface area contributed by atoms with Gasteiger partial charge in [0.25, 0.3) is 5.69 Å². The molecule has 82 valence electrons. The van der Waals surface area contributed by atoms with Gasteiger partial charge >= 0.3 is 0 Å². The van der Waals surface area contributed by atoms with Crippen molar-refractivity contribution in [1.29, 1.82) is 0 Å². The second-order valence-electron chi connectivity index (χ2n) is 3.43. The van der Waals surface area contributed by atoms with E-state index in [0.717, 1.165) is 24.8 Å². The first-order valence-electron chi connectivity index (χ1n) is 5.01. The van der Waals surface area contributed by atoms with Gasteiger partial charge in [-0.3, -0.25) is 10.1 Å². The average molecular weight is 272 g/mol. The van der Waals surface area contributed by atoms with Crippen LogP contribution in [0, 0.1) is 10.1 Å². The Bertz CT molecular complexity index is 341. The van der Waals surface area contributed by atoms with Gasteiger partial charge in [-0.05, 0) is 19.3 Å². The minimum Gasteiger partial charge on any atom is -0.258 e. The smallest absolute Gasteiger partial charge is 0.258 e. The van der Waals surface area contributed by atoms with Crippen LogP contribution in [0.3, 0.4) is 0 Å². The fourth-order valence-electron chi connectivity index (χ4n) is 1.42. The van der Waals surface area contributed by atoms with Crippen LogP contribution < -0.4 is 0 Å². The van der Waals surface area contributed by atoms with Crippen molar-refractivity contribution in [2.45, 2.75) is 31.0 Å². The first-order chi connectivity index (χ1) is 7.15. The second-order valence-corrected chi connectivity index (χ2v) is 4.72. The van der Waals surface area contributed by atoms with Gasteiger partial charge in [0, 0.05) is 16.5 Å². The fraction of sp³-hybridized carbons (Fsp3) is 0.455. The molecule has 0 saturated heterocycles. The number of para-hydroxylation sites is 1. The molecule has 0 aliphatic heterocycles. The van der Waals surface area contributed by atoms with E-state index < -0.39 is 0 Å². The third-order valence-corrected chi connectivity index (χ3v) is 3.46. The summed E-state index contributed by atoms with van der Waals surface area (Å²) in [4.78, 5) is 10.9. The molecule has 15 heavy (non-hydrogen) atoms. The zero-order valence-corrected chi connectivity index (χ0v) is 10.2. The van der Waals surface area contributed by atoms with Crippen molar-refractivity contribution in [2.75, 3.05) is 0 Å². The summed E-state index contributed by atoms with van der Waals surface area (Å²) in [5, 5.41) is 10.7. The van der Waals surface area contributed by atoms with Gasteiger partial charge in [0.2, 0.25) is 0 Å². The van der Waals surface area contributed by atoms with Crippen molar-refractivity contribution in [3.63, 3.8) is 0 Å². The molecule has 0 spiro atoms. The standard InChI is InChI=1S/C11H14BrNO2/c1-2-10(12)8-7-9-5-3-4-6-11(9)13(14)15/h3-6,10H,2,7-8H2,1H3. The largest absolute Gasteiger partial charge is 0.272 e. The third kappa shape index (κ3) is 3.63. The lowest BCUT2D eigenvalue weighted by molar-refractivity contribution is -0.385. The molecule has 0 saturated carbocycles. The van der Waals surface area contributed by atoms with E-state index >= 15 is 0 Å². The van der Waals surface area contributed by atoms with Gasteiger partial charge in [0.1, 0.15) is 0 Å². The Labute approximate surface area is 97.8 Å². The van der Waals surface area contributed by atoms with Gasteiger partial charge < -0.3 is 0 Å². The molecule has 1 aromatic rings. The van der Waals surface area contributed by atoms with E-state index in [0.29, 0.717) is 4.83 Å². The lowest BCUT2D eigenvalue weighted by atomic mass is 10.1. The first-order valence-corrected chi connectivity index (χ1v) is 5.93. The van der Waals surface area contributed by atoms with Crippen molar-refractivity contribution >= 4 is 21.6 Å². The van der Waals surface area contributed by atoms with Gasteiger partial charge in [-0.2, -0.15) is 0 Å². The number of alkyl halides is 1. The second kappa shape index (κ2) is 5.85. The van der Waals surface area contributed by atoms with Crippen LogP contribution in [0.15, 0.2) is 24.3 Å². The number of nitro benzene ring substituents is 1. The van der Waals surface area contributed by atoms with Gasteiger partial charge in [0.15, 0.2) is 0 Å². The summed E-state index contributed by atoms with van der Waals surface area (Å²) in [7, 11) is 0. The Morgan fingerprint density at radius 2 is 2.13 bits per heavy atom. The van der Waals surface area contributed by atoms with Crippen LogP contribution in [0.1, 0.15) is 25.3 Å². The summed E-state index contributed by atoms with van der Waals surface area (Å²) < 4.78 is 0. The molecule has 1 unspecified atom stereocenters. The molecule has 0 heterocycles. The first kappa shape index (κ1) is 12.2. The van der Waals surface area contributed by atoms with E-state index in [1.54, 1.807) is 12.1 Å². The van der Waals surface area contributed by atoms with E-state index in [1.165, 1.54) is 0 Å². The predicted molar refractivity (Wildman–Crippen MR) is 64.4 cm³/mol.